The molecule has 0 bridgehead atoms. The quantitative estimate of drug-likeness (QED) is 0.707. The third-order valence-corrected chi connectivity index (χ3v) is 4.20. The zero-order chi connectivity index (χ0) is 12.3. The summed E-state index contributed by atoms with van der Waals surface area (Å²) in [6.07, 6.45) is 6.47. The van der Waals surface area contributed by atoms with E-state index in [2.05, 4.69) is 13.8 Å². The van der Waals surface area contributed by atoms with E-state index in [-0.39, 0.29) is 11.7 Å². The molecule has 2 atom stereocenters. The Morgan fingerprint density at radius 2 is 2.24 bits per heavy atom. The Kier molecular flexibility index (Phi) is 4.10. The van der Waals surface area contributed by atoms with Crippen LogP contribution in [-0.2, 0) is 14.2 Å². The summed E-state index contributed by atoms with van der Waals surface area (Å²) in [5.41, 5.74) is 1.60. The fourth-order valence-electron chi connectivity index (χ4n) is 2.59. The van der Waals surface area contributed by atoms with Crippen molar-refractivity contribution in [3.63, 3.8) is 0 Å². The number of rotatable bonds is 4. The Morgan fingerprint density at radius 3 is 2.82 bits per heavy atom. The number of hydrogen-bond acceptors (Lipinski definition) is 3. The fourth-order valence-corrected chi connectivity index (χ4v) is 2.59. The first-order valence-corrected chi connectivity index (χ1v) is 6.60. The Bertz CT molecular complexity index is 277. The van der Waals surface area contributed by atoms with Crippen LogP contribution < -0.4 is 0 Å². The lowest BCUT2D eigenvalue weighted by Gasteiger charge is -2.47. The summed E-state index contributed by atoms with van der Waals surface area (Å²) in [6.45, 7) is 6.18. The molecule has 1 aliphatic heterocycles. The molecule has 1 aliphatic carbocycles. The topological polar surface area (TPSA) is 27.7 Å². The van der Waals surface area contributed by atoms with Crippen molar-refractivity contribution in [2.45, 2.75) is 45.8 Å². The van der Waals surface area contributed by atoms with Gasteiger partial charge in [0.2, 0.25) is 0 Å². The number of methoxy groups -OCH3 is 1. The van der Waals surface area contributed by atoms with E-state index < -0.39 is 0 Å². The second-order valence-electron chi connectivity index (χ2n) is 5.63. The zero-order valence-electron chi connectivity index (χ0n) is 11.2. The first-order chi connectivity index (χ1) is 8.14. The minimum atomic E-state index is 0.0370. The maximum atomic E-state index is 5.86. The van der Waals surface area contributed by atoms with Gasteiger partial charge in [0.1, 0.15) is 0 Å². The van der Waals surface area contributed by atoms with Crippen LogP contribution >= 0.6 is 0 Å². The van der Waals surface area contributed by atoms with Crippen molar-refractivity contribution in [3.8, 4) is 0 Å². The van der Waals surface area contributed by atoms with E-state index in [1.807, 2.05) is 6.26 Å². The molecule has 2 rings (SSSR count). The van der Waals surface area contributed by atoms with Crippen molar-refractivity contribution < 1.29 is 14.2 Å². The van der Waals surface area contributed by atoms with Gasteiger partial charge in [-0.3, -0.25) is 0 Å². The predicted molar refractivity (Wildman–Crippen MR) is 66.5 cm³/mol. The van der Waals surface area contributed by atoms with Crippen molar-refractivity contribution in [1.29, 1.82) is 0 Å². The van der Waals surface area contributed by atoms with E-state index >= 15 is 0 Å². The maximum absolute atomic E-state index is 5.86. The molecule has 0 N–H and O–H groups in total. The van der Waals surface area contributed by atoms with Crippen LogP contribution in [0.25, 0.3) is 0 Å². The lowest BCUT2D eigenvalue weighted by molar-refractivity contribution is -0.177. The van der Waals surface area contributed by atoms with Crippen LogP contribution in [0, 0.1) is 11.3 Å². The second-order valence-corrected chi connectivity index (χ2v) is 5.63. The molecule has 2 fully saturated rings. The summed E-state index contributed by atoms with van der Waals surface area (Å²) in [4.78, 5) is 0. The summed E-state index contributed by atoms with van der Waals surface area (Å²) < 4.78 is 16.5. The molecule has 0 spiro atoms. The molecule has 0 radical (unpaired) electrons. The lowest BCUT2D eigenvalue weighted by atomic mass is 9.59. The molecule has 1 saturated heterocycles. The normalized spacial score (nSPS) is 34.4. The van der Waals surface area contributed by atoms with Crippen LogP contribution in [0.15, 0.2) is 11.8 Å². The van der Waals surface area contributed by atoms with Gasteiger partial charge in [-0.15, -0.1) is 0 Å². The Hall–Kier alpha value is -0.540. The molecule has 1 heterocycles. The molecule has 0 aromatic carbocycles. The number of ether oxygens (including phenoxy) is 3. The standard InChI is InChI=1S/C14H24O3/c1-14(2)11(9-15-3)8-12(14)10-17-13-6-4-5-7-16-13/h9,12-13H,4-8,10H2,1-3H3. The van der Waals surface area contributed by atoms with Crippen LogP contribution in [-0.4, -0.2) is 26.6 Å². The van der Waals surface area contributed by atoms with Gasteiger partial charge in [0.05, 0.1) is 20.0 Å². The summed E-state index contributed by atoms with van der Waals surface area (Å²) in [5.74, 6) is 0.592. The van der Waals surface area contributed by atoms with E-state index in [1.54, 1.807) is 7.11 Å². The average molecular weight is 240 g/mol. The summed E-state index contributed by atoms with van der Waals surface area (Å²) in [7, 11) is 1.71. The summed E-state index contributed by atoms with van der Waals surface area (Å²) >= 11 is 0. The van der Waals surface area contributed by atoms with Crippen molar-refractivity contribution in [3.05, 3.63) is 11.8 Å². The van der Waals surface area contributed by atoms with Crippen LogP contribution in [0.4, 0.5) is 0 Å². The minimum Gasteiger partial charge on any atom is -0.504 e. The van der Waals surface area contributed by atoms with Gasteiger partial charge < -0.3 is 14.2 Å². The highest BCUT2D eigenvalue weighted by Crippen LogP contribution is 2.51. The van der Waals surface area contributed by atoms with E-state index in [4.69, 9.17) is 14.2 Å². The molecule has 0 aromatic rings. The fraction of sp³-hybridized carbons (Fsp3) is 0.857. The van der Waals surface area contributed by atoms with Gasteiger partial charge in [-0.1, -0.05) is 13.8 Å². The molecule has 3 heteroatoms. The molecule has 1 saturated carbocycles. The Morgan fingerprint density at radius 1 is 1.41 bits per heavy atom. The maximum Gasteiger partial charge on any atom is 0.157 e. The molecule has 0 amide bonds. The molecule has 2 aliphatic rings. The smallest absolute Gasteiger partial charge is 0.157 e. The SMILES string of the molecule is COC=C1CC(COC2CCCCO2)C1(C)C. The van der Waals surface area contributed by atoms with Gasteiger partial charge >= 0.3 is 0 Å². The van der Waals surface area contributed by atoms with E-state index in [0.717, 1.165) is 26.1 Å². The summed E-state index contributed by atoms with van der Waals surface area (Å²) in [6, 6.07) is 0. The van der Waals surface area contributed by atoms with E-state index in [0.29, 0.717) is 5.92 Å². The van der Waals surface area contributed by atoms with Crippen LogP contribution in [0.2, 0.25) is 0 Å². The summed E-state index contributed by atoms with van der Waals surface area (Å²) in [5, 5.41) is 0. The highest BCUT2D eigenvalue weighted by molar-refractivity contribution is 5.22. The molecule has 2 unspecified atom stereocenters. The highest BCUT2D eigenvalue weighted by atomic mass is 16.7. The van der Waals surface area contributed by atoms with Crippen molar-refractivity contribution in [2.24, 2.45) is 11.3 Å². The van der Waals surface area contributed by atoms with Gasteiger partial charge in [-0.05, 0) is 42.6 Å². The highest BCUT2D eigenvalue weighted by Gasteiger charge is 2.44. The monoisotopic (exact) mass is 240 g/mol. The molecular formula is C14H24O3. The van der Waals surface area contributed by atoms with Crippen LogP contribution in [0.5, 0.6) is 0 Å². The molecule has 17 heavy (non-hydrogen) atoms. The van der Waals surface area contributed by atoms with Crippen LogP contribution in [0.3, 0.4) is 0 Å². The van der Waals surface area contributed by atoms with Crippen molar-refractivity contribution in [2.75, 3.05) is 20.3 Å². The van der Waals surface area contributed by atoms with Gasteiger partial charge in [0.15, 0.2) is 6.29 Å². The van der Waals surface area contributed by atoms with Gasteiger partial charge in [-0.2, -0.15) is 0 Å². The largest absolute Gasteiger partial charge is 0.504 e. The van der Waals surface area contributed by atoms with E-state index in [9.17, 15) is 0 Å². The van der Waals surface area contributed by atoms with Gasteiger partial charge in [0, 0.05) is 6.61 Å². The average Bonchev–Trinajstić information content (AvgIpc) is 2.34. The van der Waals surface area contributed by atoms with Gasteiger partial charge in [0.25, 0.3) is 0 Å². The zero-order valence-corrected chi connectivity index (χ0v) is 11.2. The minimum absolute atomic E-state index is 0.0370. The van der Waals surface area contributed by atoms with E-state index in [1.165, 1.54) is 18.4 Å². The molecule has 3 nitrogen and oxygen atoms in total. The Labute approximate surface area is 104 Å². The third kappa shape index (κ3) is 2.83. The van der Waals surface area contributed by atoms with Crippen molar-refractivity contribution >= 4 is 0 Å². The lowest BCUT2D eigenvalue weighted by Crippen LogP contribution is -2.42. The second kappa shape index (κ2) is 5.40. The number of hydrogen-bond donors (Lipinski definition) is 0. The molecular weight excluding hydrogens is 216 g/mol. The Balaban J connectivity index is 1.75. The first-order valence-electron chi connectivity index (χ1n) is 6.60. The third-order valence-electron chi connectivity index (χ3n) is 4.20. The van der Waals surface area contributed by atoms with Gasteiger partial charge in [-0.25, -0.2) is 0 Å². The molecule has 98 valence electrons. The van der Waals surface area contributed by atoms with Crippen LogP contribution in [0.1, 0.15) is 39.5 Å². The van der Waals surface area contributed by atoms with Crippen molar-refractivity contribution in [1.82, 2.24) is 0 Å². The first kappa shape index (κ1) is 12.9. The predicted octanol–water partition coefficient (Wildman–Crippen LogP) is 3.11. The molecule has 0 aromatic heterocycles. The number of allylic oxidation sites excluding steroid dienone is 1.